The van der Waals surface area contributed by atoms with Gasteiger partial charge in [0.05, 0.1) is 30.3 Å². The van der Waals surface area contributed by atoms with E-state index in [1.54, 1.807) is 121 Å². The number of hydrogen-bond donors (Lipinski definition) is 0. The highest BCUT2D eigenvalue weighted by atomic mass is 32.1. The van der Waals surface area contributed by atoms with Crippen LogP contribution < -0.4 is 0 Å². The molecule has 418 valence electrons. The van der Waals surface area contributed by atoms with E-state index in [1.807, 2.05) is 0 Å². The lowest BCUT2D eigenvalue weighted by Gasteiger charge is -2.28. The molecule has 0 atom stereocenters. The molecule has 85 heavy (non-hydrogen) atoms. The maximum Gasteiger partial charge on any atom is 0.333 e. The van der Waals surface area contributed by atoms with Crippen molar-refractivity contribution in [3.05, 3.63) is 269 Å². The van der Waals surface area contributed by atoms with Gasteiger partial charge in [-0.1, -0.05) is 121 Å². The van der Waals surface area contributed by atoms with E-state index in [4.69, 9.17) is 18.9 Å². The Kier molecular flexibility index (Phi) is 13.5. The molecule has 0 bridgehead atoms. The van der Waals surface area contributed by atoms with Crippen LogP contribution in [0, 0.1) is 23.3 Å². The fourth-order valence-electron chi connectivity index (χ4n) is 11.1. The highest BCUT2D eigenvalue weighted by Crippen LogP contribution is 2.64. The van der Waals surface area contributed by atoms with Crippen molar-refractivity contribution < 1.29 is 74.9 Å². The Balaban J connectivity index is 1.05. The summed E-state index contributed by atoms with van der Waals surface area (Å²) >= 11 is 2.81. The van der Waals surface area contributed by atoms with Crippen molar-refractivity contribution in [3.8, 4) is 9.75 Å². The van der Waals surface area contributed by atoms with Crippen molar-refractivity contribution in [2.24, 2.45) is 0 Å². The molecule has 0 spiro atoms. The molecule has 3 heterocycles. The molecule has 6 aromatic carbocycles. The number of Topliss-reactive ketones (excluding diaryl/α,β-unsaturated/α-hetero) is 4. The van der Waals surface area contributed by atoms with Crippen LogP contribution in [0.15, 0.2) is 174 Å². The lowest BCUT2D eigenvalue weighted by molar-refractivity contribution is -0.166. The zero-order valence-corrected chi connectivity index (χ0v) is 46.1. The molecule has 4 aliphatic carbocycles. The Morgan fingerprint density at radius 1 is 0.412 bits per heavy atom. The second-order valence-electron chi connectivity index (χ2n) is 20.1. The Labute approximate surface area is 490 Å². The van der Waals surface area contributed by atoms with Crippen LogP contribution >= 0.6 is 34.0 Å². The summed E-state index contributed by atoms with van der Waals surface area (Å²) in [6, 6.07) is 37.9. The lowest BCUT2D eigenvalue weighted by Crippen LogP contribution is -2.46. The van der Waals surface area contributed by atoms with Crippen LogP contribution in [0.1, 0.15) is 90.1 Å². The van der Waals surface area contributed by atoms with E-state index in [9.17, 15) is 36.7 Å². The molecule has 0 saturated heterocycles. The summed E-state index contributed by atoms with van der Waals surface area (Å²) in [7, 11) is 0. The highest BCUT2D eigenvalue weighted by molar-refractivity contribution is 7.32. The SMILES string of the molecule is O=C1C(=CC2=Cc3sc4c5c(sc4c3C2(C(=O)OCc2ccccc2)C(=O)OCc2ccccc2)-c2sc(C=C3C(=O)c4cc(F)c(F)cc4C3=O)cc2C5(C(=O)OCc2ccccc2)C(=O)OCc2ccccc2)C(=O)c2cc(F)c(F)cc21. The Hall–Kier alpha value is -9.82. The first-order valence-electron chi connectivity index (χ1n) is 26.0. The summed E-state index contributed by atoms with van der Waals surface area (Å²) < 4.78 is 83.3. The average Bonchev–Trinajstić information content (AvgIpc) is 1.55. The fourth-order valence-corrected chi connectivity index (χ4v) is 15.4. The van der Waals surface area contributed by atoms with Crippen LogP contribution in [-0.2, 0) is 75.4 Å². The molecule has 12 nitrogen and oxygen atoms in total. The number of ether oxygens (including phenoxy) is 4. The van der Waals surface area contributed by atoms with Gasteiger partial charge < -0.3 is 18.9 Å². The number of fused-ring (bicyclic) bond motifs is 9. The van der Waals surface area contributed by atoms with E-state index in [0.717, 1.165) is 40.1 Å². The molecule has 0 unspecified atom stereocenters. The van der Waals surface area contributed by atoms with Gasteiger partial charge in [-0.3, -0.25) is 38.4 Å². The maximum absolute atomic E-state index is 15.7. The Morgan fingerprint density at radius 3 is 1.15 bits per heavy atom. The van der Waals surface area contributed by atoms with Crippen LogP contribution in [0.3, 0.4) is 0 Å². The number of halogens is 4. The number of benzene rings is 6. The van der Waals surface area contributed by atoms with E-state index < -0.39 is 117 Å². The normalized spacial score (nSPS) is 14.8. The van der Waals surface area contributed by atoms with Gasteiger partial charge in [0.2, 0.25) is 10.8 Å². The van der Waals surface area contributed by atoms with Gasteiger partial charge in [-0.05, 0) is 76.4 Å². The largest absolute Gasteiger partial charge is 0.459 e. The second kappa shape index (κ2) is 21.1. The third kappa shape index (κ3) is 8.75. The number of thiophene rings is 3. The van der Waals surface area contributed by atoms with Crippen molar-refractivity contribution >= 4 is 103 Å². The monoisotopic (exact) mass is 1190 g/mol. The first-order chi connectivity index (χ1) is 41.1. The molecule has 0 N–H and O–H groups in total. The number of carbonyl (C=O) groups is 8. The fraction of sp³-hybridized carbons (Fsp3) is 0.0909. The van der Waals surface area contributed by atoms with E-state index >= 15 is 19.2 Å². The van der Waals surface area contributed by atoms with Crippen molar-refractivity contribution in [1.29, 1.82) is 0 Å². The second-order valence-corrected chi connectivity index (χ2v) is 23.3. The van der Waals surface area contributed by atoms with Crippen LogP contribution in [0.2, 0.25) is 0 Å². The smallest absolute Gasteiger partial charge is 0.333 e. The molecular weight excluding hydrogens is 1160 g/mol. The first kappa shape index (κ1) is 54.4. The van der Waals surface area contributed by atoms with Crippen molar-refractivity contribution in [2.75, 3.05) is 0 Å². The molecule has 13 rings (SSSR count). The highest BCUT2D eigenvalue weighted by Gasteiger charge is 2.64. The lowest BCUT2D eigenvalue weighted by atomic mass is 9.76. The minimum absolute atomic E-state index is 0.00662. The summed E-state index contributed by atoms with van der Waals surface area (Å²) in [6.07, 6.45) is 3.57. The summed E-state index contributed by atoms with van der Waals surface area (Å²) in [6.45, 7) is -1.54. The number of ketones is 4. The zero-order valence-electron chi connectivity index (χ0n) is 43.6. The predicted molar refractivity (Wildman–Crippen MR) is 305 cm³/mol. The third-order valence-electron chi connectivity index (χ3n) is 15.1. The molecule has 9 aromatic rings. The quantitative estimate of drug-likeness (QED) is 0.0252. The van der Waals surface area contributed by atoms with E-state index in [1.165, 1.54) is 18.2 Å². The van der Waals surface area contributed by atoms with E-state index in [0.29, 0.717) is 46.5 Å². The molecule has 0 amide bonds. The summed E-state index contributed by atoms with van der Waals surface area (Å²) in [5.41, 5.74) is -6.41. The van der Waals surface area contributed by atoms with Crippen LogP contribution in [-0.4, -0.2) is 47.0 Å². The number of esters is 4. The third-order valence-corrected chi connectivity index (χ3v) is 18.9. The molecule has 4 aliphatic rings. The van der Waals surface area contributed by atoms with Crippen molar-refractivity contribution in [2.45, 2.75) is 37.3 Å². The van der Waals surface area contributed by atoms with Crippen LogP contribution in [0.5, 0.6) is 0 Å². The summed E-state index contributed by atoms with van der Waals surface area (Å²) in [5.74, 6) is -14.1. The molecule has 0 radical (unpaired) electrons. The zero-order chi connectivity index (χ0) is 59.1. The topological polar surface area (TPSA) is 173 Å². The van der Waals surface area contributed by atoms with E-state index in [2.05, 4.69) is 0 Å². The van der Waals surface area contributed by atoms with Gasteiger partial charge in [-0.15, -0.1) is 34.0 Å². The minimum atomic E-state index is -2.75. The van der Waals surface area contributed by atoms with Crippen LogP contribution in [0.4, 0.5) is 17.6 Å². The number of hydrogen-bond acceptors (Lipinski definition) is 15. The van der Waals surface area contributed by atoms with E-state index in [-0.39, 0.29) is 75.5 Å². The van der Waals surface area contributed by atoms with Crippen molar-refractivity contribution in [3.63, 3.8) is 0 Å². The molecule has 0 saturated carbocycles. The first-order valence-corrected chi connectivity index (χ1v) is 28.5. The van der Waals surface area contributed by atoms with Gasteiger partial charge in [-0.2, -0.15) is 0 Å². The minimum Gasteiger partial charge on any atom is -0.459 e. The van der Waals surface area contributed by atoms with Gasteiger partial charge in [0.1, 0.15) is 26.4 Å². The Morgan fingerprint density at radius 2 is 0.765 bits per heavy atom. The Bertz CT molecular complexity index is 4320. The van der Waals surface area contributed by atoms with Crippen molar-refractivity contribution in [1.82, 2.24) is 0 Å². The number of allylic oxidation sites excluding steroid dienone is 3. The van der Waals surface area contributed by atoms with Gasteiger partial charge in [0, 0.05) is 48.7 Å². The van der Waals surface area contributed by atoms with Gasteiger partial charge >= 0.3 is 23.9 Å². The number of rotatable bonds is 14. The molecule has 0 aliphatic heterocycles. The van der Waals surface area contributed by atoms with Gasteiger partial charge in [0.15, 0.2) is 46.4 Å². The maximum atomic E-state index is 15.7. The average molecular weight is 1190 g/mol. The number of carbonyl (C=O) groups excluding carboxylic acids is 8. The molecule has 0 fully saturated rings. The van der Waals surface area contributed by atoms with Gasteiger partial charge in [0.25, 0.3) is 0 Å². The summed E-state index contributed by atoms with van der Waals surface area (Å²) in [5, 5.41) is 0. The van der Waals surface area contributed by atoms with Crippen LogP contribution in [0.25, 0.3) is 31.3 Å². The molecule has 19 heteroatoms. The molecule has 3 aromatic heterocycles. The molecular formula is C66H36F4O12S3. The van der Waals surface area contributed by atoms with Gasteiger partial charge in [-0.25, -0.2) is 17.6 Å². The predicted octanol–water partition coefficient (Wildman–Crippen LogP) is 12.9. The summed E-state index contributed by atoms with van der Waals surface area (Å²) in [4.78, 5) is 120. The standard InChI is InChI=1S/C66H36F4O12S3/c67-46-25-39-40(26-47(46)68)54(72)43(53(39)71)21-37-22-50-51(65(37,61(75)79-29-33-13-5-1-6-14-33)62(76)80-30-34-15-7-2-8-16-34)58-60(84-50)52-59(85-58)57-45(24-38(83-57)23-44-55(73)41-27-48(69)49(70)28-42(41)56(44)74)66(52,63(77)81-31-35-17-9-3-10-18-35)64(78)82-32-36-19-11-4-12-20-36/h1-28H,29-32H2.